The lowest BCUT2D eigenvalue weighted by molar-refractivity contribution is -0.115. The lowest BCUT2D eigenvalue weighted by Gasteiger charge is -2.13. The van der Waals surface area contributed by atoms with Crippen molar-refractivity contribution in [1.82, 2.24) is 5.32 Å². The molecule has 2 aromatic rings. The normalized spacial score (nSPS) is 15.5. The summed E-state index contributed by atoms with van der Waals surface area (Å²) < 4.78 is 7.97. The van der Waals surface area contributed by atoms with Crippen LogP contribution in [0.2, 0.25) is 10.0 Å². The summed E-state index contributed by atoms with van der Waals surface area (Å²) in [7, 11) is 0. The van der Waals surface area contributed by atoms with E-state index < -0.39 is 0 Å². The number of hydrogen-bond acceptors (Lipinski definition) is 4. The molecular weight excluding hydrogens is 621 g/mol. The van der Waals surface area contributed by atoms with Crippen LogP contribution in [-0.4, -0.2) is 11.1 Å². The first kappa shape index (κ1) is 20.2. The van der Waals surface area contributed by atoms with Gasteiger partial charge in [-0.15, -0.1) is 0 Å². The molecule has 1 aliphatic rings. The van der Waals surface area contributed by atoms with Crippen molar-refractivity contribution in [2.24, 2.45) is 0 Å². The van der Waals surface area contributed by atoms with E-state index in [1.807, 2.05) is 18.2 Å². The quantitative estimate of drug-likeness (QED) is 0.326. The Hall–Kier alpha value is -0.490. The highest BCUT2D eigenvalue weighted by molar-refractivity contribution is 14.1. The highest BCUT2D eigenvalue weighted by atomic mass is 127. The summed E-state index contributed by atoms with van der Waals surface area (Å²) in [5.41, 5.74) is 1.59. The number of benzene rings is 2. The maximum absolute atomic E-state index is 11.9. The Morgan fingerprint density at radius 2 is 2.00 bits per heavy atom. The summed E-state index contributed by atoms with van der Waals surface area (Å²) in [6.07, 6.45) is 1.74. The minimum atomic E-state index is -0.277. The predicted molar refractivity (Wildman–Crippen MR) is 124 cm³/mol. The average molecular weight is 631 g/mol. The lowest BCUT2D eigenvalue weighted by Crippen LogP contribution is -2.18. The van der Waals surface area contributed by atoms with Gasteiger partial charge in [-0.1, -0.05) is 29.3 Å². The molecule has 1 amide bonds. The van der Waals surface area contributed by atoms with Crippen LogP contribution in [0.1, 0.15) is 11.1 Å². The summed E-state index contributed by atoms with van der Waals surface area (Å²) in [5, 5.41) is 11.3. The monoisotopic (exact) mass is 630 g/mol. The fourth-order valence-electron chi connectivity index (χ4n) is 2.21. The van der Waals surface area contributed by atoms with E-state index in [1.54, 1.807) is 18.2 Å². The van der Waals surface area contributed by atoms with Gasteiger partial charge < -0.3 is 10.1 Å². The number of amidine groups is 1. The lowest BCUT2D eigenvalue weighted by atomic mass is 10.1. The predicted octanol–water partition coefficient (Wildman–Crippen LogP) is 5.92. The SMILES string of the molecule is N=C1NC(=O)C(=Cc2cc(I)cc(I)c2OCc2ccc(Cl)cc2Cl)S1. The van der Waals surface area contributed by atoms with Crippen molar-refractivity contribution in [3.8, 4) is 5.75 Å². The largest absolute Gasteiger partial charge is 0.487 e. The third kappa shape index (κ3) is 4.86. The van der Waals surface area contributed by atoms with Gasteiger partial charge in [0.05, 0.1) is 8.48 Å². The molecule has 0 radical (unpaired) electrons. The van der Waals surface area contributed by atoms with Gasteiger partial charge in [0.25, 0.3) is 5.91 Å². The van der Waals surface area contributed by atoms with Gasteiger partial charge in [-0.05, 0) is 87.3 Å². The van der Waals surface area contributed by atoms with Gasteiger partial charge in [-0.25, -0.2) is 0 Å². The molecule has 0 aliphatic carbocycles. The van der Waals surface area contributed by atoms with Gasteiger partial charge in [-0.3, -0.25) is 10.2 Å². The van der Waals surface area contributed by atoms with Crippen molar-refractivity contribution in [1.29, 1.82) is 5.41 Å². The van der Waals surface area contributed by atoms with Crippen LogP contribution < -0.4 is 10.1 Å². The van der Waals surface area contributed by atoms with Gasteiger partial charge in [-0.2, -0.15) is 0 Å². The molecule has 2 aromatic carbocycles. The van der Waals surface area contributed by atoms with E-state index in [2.05, 4.69) is 50.5 Å². The van der Waals surface area contributed by atoms with E-state index >= 15 is 0 Å². The molecule has 0 aromatic heterocycles. The zero-order valence-corrected chi connectivity index (χ0v) is 19.6. The second-order valence-electron chi connectivity index (χ2n) is 5.22. The molecule has 1 heterocycles. The third-order valence-corrected chi connectivity index (χ3v) is 6.21. The van der Waals surface area contributed by atoms with E-state index in [0.29, 0.717) is 20.7 Å². The molecule has 4 nitrogen and oxygen atoms in total. The molecule has 134 valence electrons. The average Bonchev–Trinajstić information content (AvgIpc) is 2.85. The second-order valence-corrected chi connectivity index (χ2v) is 9.53. The van der Waals surface area contributed by atoms with E-state index in [-0.39, 0.29) is 17.7 Å². The van der Waals surface area contributed by atoms with Crippen LogP contribution in [0.4, 0.5) is 0 Å². The molecule has 3 rings (SSSR count). The molecule has 0 atom stereocenters. The molecule has 1 aliphatic heterocycles. The Kier molecular flexibility index (Phi) is 6.76. The summed E-state index contributed by atoms with van der Waals surface area (Å²) in [5.74, 6) is 0.386. The molecule has 1 saturated heterocycles. The first-order chi connectivity index (χ1) is 12.3. The number of thioether (sulfide) groups is 1. The van der Waals surface area contributed by atoms with Crippen LogP contribution in [0.25, 0.3) is 6.08 Å². The Morgan fingerprint density at radius 1 is 1.23 bits per heavy atom. The van der Waals surface area contributed by atoms with Crippen LogP contribution in [-0.2, 0) is 11.4 Å². The number of halogens is 4. The van der Waals surface area contributed by atoms with Crippen molar-refractivity contribution < 1.29 is 9.53 Å². The van der Waals surface area contributed by atoms with Crippen LogP contribution in [0.15, 0.2) is 35.2 Å². The Labute approximate surface area is 191 Å². The van der Waals surface area contributed by atoms with Gasteiger partial charge in [0.15, 0.2) is 5.17 Å². The molecule has 1 fully saturated rings. The fraction of sp³-hybridized carbons (Fsp3) is 0.0588. The van der Waals surface area contributed by atoms with Crippen molar-refractivity contribution in [2.45, 2.75) is 6.61 Å². The van der Waals surface area contributed by atoms with Gasteiger partial charge in [0, 0.05) is 24.7 Å². The van der Waals surface area contributed by atoms with Crippen LogP contribution >= 0.6 is 80.1 Å². The van der Waals surface area contributed by atoms with Crippen LogP contribution in [0.5, 0.6) is 5.75 Å². The number of carbonyl (C=O) groups is 1. The molecule has 0 spiro atoms. The molecule has 0 bridgehead atoms. The van der Waals surface area contributed by atoms with E-state index in [1.165, 1.54) is 0 Å². The molecule has 2 N–H and O–H groups in total. The van der Waals surface area contributed by atoms with E-state index in [4.69, 9.17) is 33.3 Å². The number of amides is 1. The van der Waals surface area contributed by atoms with Gasteiger partial charge in [0.2, 0.25) is 0 Å². The zero-order valence-electron chi connectivity index (χ0n) is 12.9. The zero-order chi connectivity index (χ0) is 18.8. The van der Waals surface area contributed by atoms with Crippen LogP contribution in [0.3, 0.4) is 0 Å². The molecule has 0 unspecified atom stereocenters. The minimum Gasteiger partial charge on any atom is -0.487 e. The molecule has 26 heavy (non-hydrogen) atoms. The number of rotatable bonds is 4. The Morgan fingerprint density at radius 3 is 2.65 bits per heavy atom. The first-order valence-corrected chi connectivity index (χ1v) is 10.9. The third-order valence-electron chi connectivity index (χ3n) is 3.37. The summed E-state index contributed by atoms with van der Waals surface area (Å²) in [6.45, 7) is 0.276. The minimum absolute atomic E-state index is 0.122. The van der Waals surface area contributed by atoms with Crippen molar-refractivity contribution in [3.63, 3.8) is 0 Å². The summed E-state index contributed by atoms with van der Waals surface area (Å²) in [4.78, 5) is 12.4. The highest BCUT2D eigenvalue weighted by Crippen LogP contribution is 2.34. The number of nitrogens with one attached hydrogen (secondary N) is 2. The van der Waals surface area contributed by atoms with E-state index in [9.17, 15) is 4.79 Å². The van der Waals surface area contributed by atoms with Gasteiger partial charge >= 0.3 is 0 Å². The summed E-state index contributed by atoms with van der Waals surface area (Å²) >= 11 is 17.7. The Balaban J connectivity index is 1.92. The van der Waals surface area contributed by atoms with Crippen molar-refractivity contribution >= 4 is 97.3 Å². The summed E-state index contributed by atoms with van der Waals surface area (Å²) in [6, 6.07) is 9.19. The topological polar surface area (TPSA) is 62.2 Å². The number of hydrogen-bond donors (Lipinski definition) is 2. The van der Waals surface area contributed by atoms with Gasteiger partial charge in [0.1, 0.15) is 12.4 Å². The van der Waals surface area contributed by atoms with Crippen molar-refractivity contribution in [2.75, 3.05) is 0 Å². The number of ether oxygens (including phenoxy) is 1. The maximum atomic E-state index is 11.9. The molecule has 0 saturated carbocycles. The Bertz CT molecular complexity index is 951. The van der Waals surface area contributed by atoms with Crippen molar-refractivity contribution in [3.05, 3.63) is 63.5 Å². The second kappa shape index (κ2) is 8.68. The molecule has 9 heteroatoms. The highest BCUT2D eigenvalue weighted by Gasteiger charge is 2.23. The number of carbonyl (C=O) groups excluding carboxylic acids is 1. The first-order valence-electron chi connectivity index (χ1n) is 7.18. The molecular formula is C17H10Cl2I2N2O2S. The maximum Gasteiger partial charge on any atom is 0.264 e. The smallest absolute Gasteiger partial charge is 0.264 e. The van der Waals surface area contributed by atoms with E-state index in [0.717, 1.165) is 30.0 Å². The standard InChI is InChI=1S/C17H10Cl2I2N2O2S/c18-10-2-1-8(12(19)5-10)7-25-15-9(3-11(20)6-13(15)21)4-14-16(24)23-17(22)26-14/h1-6H,7H2,(H2,22,23,24). The fourth-order valence-corrected chi connectivity index (χ4v) is 5.41. The van der Waals surface area contributed by atoms with Crippen LogP contribution in [0, 0.1) is 12.5 Å².